The summed E-state index contributed by atoms with van der Waals surface area (Å²) < 4.78 is 1.47. The number of hydrogen-bond acceptors (Lipinski definition) is 4. The number of aromatic hydroxyl groups is 1. The molecule has 0 saturated heterocycles. The van der Waals surface area contributed by atoms with E-state index in [0.717, 1.165) is 14.5 Å². The largest absolute Gasteiger partial charge is 0.507 e. The minimum Gasteiger partial charge on any atom is -0.507 e. The SMILES string of the molecule is C=CCc1cccc(C=NNC(=O)CNc2c(Br)cc(Cl)cc2Br)c1O. The van der Waals surface area contributed by atoms with E-state index in [1.807, 2.05) is 0 Å². The van der Waals surface area contributed by atoms with E-state index in [0.29, 0.717) is 22.7 Å². The molecular formula is C18H16Br2ClN3O2. The summed E-state index contributed by atoms with van der Waals surface area (Å²) in [6.45, 7) is 3.66. The highest BCUT2D eigenvalue weighted by Gasteiger charge is 2.09. The third-order valence-electron chi connectivity index (χ3n) is 3.34. The van der Waals surface area contributed by atoms with Crippen molar-refractivity contribution < 1.29 is 9.90 Å². The molecule has 136 valence electrons. The van der Waals surface area contributed by atoms with Crippen LogP contribution in [-0.4, -0.2) is 23.8 Å². The van der Waals surface area contributed by atoms with Crippen LogP contribution in [0.5, 0.6) is 5.75 Å². The molecule has 0 spiro atoms. The predicted molar refractivity (Wildman–Crippen MR) is 113 cm³/mol. The topological polar surface area (TPSA) is 73.7 Å². The Balaban J connectivity index is 1.94. The minimum absolute atomic E-state index is 0.0126. The third kappa shape index (κ3) is 5.59. The Kier molecular flexibility index (Phi) is 7.68. The maximum atomic E-state index is 11.9. The molecule has 0 aliphatic heterocycles. The lowest BCUT2D eigenvalue weighted by atomic mass is 10.1. The number of nitrogens with zero attached hydrogens (tertiary/aromatic N) is 1. The molecule has 0 unspecified atom stereocenters. The predicted octanol–water partition coefficient (Wildman–Crippen LogP) is 4.86. The van der Waals surface area contributed by atoms with Gasteiger partial charge >= 0.3 is 0 Å². The first kappa shape index (κ1) is 20.5. The number of anilines is 1. The van der Waals surface area contributed by atoms with Crippen LogP contribution in [0.15, 0.2) is 57.0 Å². The molecule has 5 nitrogen and oxygen atoms in total. The molecule has 8 heteroatoms. The van der Waals surface area contributed by atoms with E-state index in [-0.39, 0.29) is 18.2 Å². The van der Waals surface area contributed by atoms with E-state index in [4.69, 9.17) is 11.6 Å². The molecule has 26 heavy (non-hydrogen) atoms. The van der Waals surface area contributed by atoms with Crippen LogP contribution in [0.1, 0.15) is 11.1 Å². The fraction of sp³-hybridized carbons (Fsp3) is 0.111. The van der Waals surface area contributed by atoms with Gasteiger partial charge in [-0.1, -0.05) is 29.8 Å². The van der Waals surface area contributed by atoms with Crippen LogP contribution in [0, 0.1) is 0 Å². The first-order valence-corrected chi connectivity index (χ1v) is 9.50. The molecule has 0 aromatic heterocycles. The standard InChI is InChI=1S/C18H16Br2ClN3O2/c1-2-4-11-5-3-6-12(18(11)26)9-23-24-16(25)10-22-17-14(19)7-13(21)8-15(17)20/h2-3,5-9,22,26H,1,4,10H2,(H,24,25). The summed E-state index contributed by atoms with van der Waals surface area (Å²) in [6.07, 6.45) is 3.65. The monoisotopic (exact) mass is 499 g/mol. The average Bonchev–Trinajstić information content (AvgIpc) is 2.57. The number of amides is 1. The van der Waals surface area contributed by atoms with Gasteiger partial charge in [0.05, 0.1) is 18.4 Å². The second-order valence-corrected chi connectivity index (χ2v) is 7.38. The van der Waals surface area contributed by atoms with E-state index in [2.05, 4.69) is 54.3 Å². The number of benzene rings is 2. The van der Waals surface area contributed by atoms with Gasteiger partial charge in [0, 0.05) is 19.5 Å². The summed E-state index contributed by atoms with van der Waals surface area (Å²) in [5.41, 5.74) is 4.38. The molecule has 0 fully saturated rings. The van der Waals surface area contributed by atoms with Gasteiger partial charge in [0.25, 0.3) is 5.91 Å². The van der Waals surface area contributed by atoms with Crippen LogP contribution >= 0.6 is 43.5 Å². The van der Waals surface area contributed by atoms with Crippen molar-refractivity contribution in [2.24, 2.45) is 5.10 Å². The van der Waals surface area contributed by atoms with Crippen molar-refractivity contribution in [3.05, 3.63) is 68.1 Å². The first-order chi connectivity index (χ1) is 12.4. The van der Waals surface area contributed by atoms with E-state index < -0.39 is 0 Å². The molecule has 2 aromatic rings. The smallest absolute Gasteiger partial charge is 0.259 e. The molecule has 0 heterocycles. The Morgan fingerprint density at radius 3 is 2.65 bits per heavy atom. The van der Waals surface area contributed by atoms with Crippen LogP contribution in [0.3, 0.4) is 0 Å². The van der Waals surface area contributed by atoms with Gasteiger partial charge in [0.15, 0.2) is 0 Å². The summed E-state index contributed by atoms with van der Waals surface area (Å²) in [7, 11) is 0. The zero-order valence-electron chi connectivity index (χ0n) is 13.6. The summed E-state index contributed by atoms with van der Waals surface area (Å²) in [4.78, 5) is 11.9. The Morgan fingerprint density at radius 2 is 2.00 bits per heavy atom. The summed E-state index contributed by atoms with van der Waals surface area (Å²) in [6, 6.07) is 8.77. The van der Waals surface area contributed by atoms with Crippen LogP contribution in [0.2, 0.25) is 5.02 Å². The number of rotatable bonds is 7. The number of carbonyl (C=O) groups excluding carboxylic acids is 1. The molecule has 3 N–H and O–H groups in total. The Bertz CT molecular complexity index is 833. The number of hydrogen-bond donors (Lipinski definition) is 3. The number of halogens is 3. The van der Waals surface area contributed by atoms with Crippen molar-refractivity contribution in [1.29, 1.82) is 0 Å². The fourth-order valence-corrected chi connectivity index (χ4v) is 4.08. The number of carbonyl (C=O) groups is 1. The number of nitrogens with one attached hydrogen (secondary N) is 2. The molecule has 1 amide bonds. The van der Waals surface area contributed by atoms with Crippen molar-refractivity contribution in [3.63, 3.8) is 0 Å². The summed E-state index contributed by atoms with van der Waals surface area (Å²) >= 11 is 12.7. The van der Waals surface area contributed by atoms with Crippen LogP contribution in [-0.2, 0) is 11.2 Å². The van der Waals surface area contributed by atoms with Gasteiger partial charge in [-0.25, -0.2) is 5.43 Å². The normalized spacial score (nSPS) is 10.7. The number of hydrazone groups is 1. The highest BCUT2D eigenvalue weighted by molar-refractivity contribution is 9.11. The second kappa shape index (κ2) is 9.75. The maximum absolute atomic E-state index is 11.9. The van der Waals surface area contributed by atoms with Gasteiger partial charge in [0.2, 0.25) is 0 Å². The highest BCUT2D eigenvalue weighted by atomic mass is 79.9. The quantitative estimate of drug-likeness (QED) is 0.288. The Morgan fingerprint density at radius 1 is 1.31 bits per heavy atom. The lowest BCUT2D eigenvalue weighted by Gasteiger charge is -2.10. The van der Waals surface area contributed by atoms with Crippen molar-refractivity contribution in [3.8, 4) is 5.75 Å². The lowest BCUT2D eigenvalue weighted by molar-refractivity contribution is -0.119. The Labute approximate surface area is 173 Å². The molecule has 0 aliphatic rings. The second-order valence-electron chi connectivity index (χ2n) is 5.24. The van der Waals surface area contributed by atoms with Crippen LogP contribution < -0.4 is 10.7 Å². The van der Waals surface area contributed by atoms with E-state index >= 15 is 0 Å². The molecule has 2 rings (SSSR count). The van der Waals surface area contributed by atoms with Crippen molar-refractivity contribution in [2.45, 2.75) is 6.42 Å². The first-order valence-electron chi connectivity index (χ1n) is 7.54. The zero-order valence-corrected chi connectivity index (χ0v) is 17.5. The average molecular weight is 502 g/mol. The minimum atomic E-state index is -0.336. The van der Waals surface area contributed by atoms with Gasteiger partial charge in [-0.05, 0) is 62.0 Å². The molecule has 0 bridgehead atoms. The number of phenolic OH excluding ortho intramolecular Hbond substituents is 1. The zero-order chi connectivity index (χ0) is 19.1. The van der Waals surface area contributed by atoms with Crippen LogP contribution in [0.4, 0.5) is 5.69 Å². The van der Waals surface area contributed by atoms with Gasteiger partial charge in [0.1, 0.15) is 5.75 Å². The number of phenols is 1. The lowest BCUT2D eigenvalue weighted by Crippen LogP contribution is -2.26. The summed E-state index contributed by atoms with van der Waals surface area (Å²) in [5, 5.41) is 17.6. The van der Waals surface area contributed by atoms with Gasteiger partial charge in [-0.2, -0.15) is 5.10 Å². The molecule has 0 radical (unpaired) electrons. The highest BCUT2D eigenvalue weighted by Crippen LogP contribution is 2.33. The van der Waals surface area contributed by atoms with Crippen molar-refractivity contribution in [2.75, 3.05) is 11.9 Å². The molecule has 2 aromatic carbocycles. The maximum Gasteiger partial charge on any atom is 0.259 e. The number of para-hydroxylation sites is 1. The molecule has 0 saturated carbocycles. The van der Waals surface area contributed by atoms with E-state index in [1.165, 1.54) is 6.21 Å². The van der Waals surface area contributed by atoms with E-state index in [9.17, 15) is 9.90 Å². The number of allylic oxidation sites excluding steroid dienone is 1. The molecule has 0 aliphatic carbocycles. The van der Waals surface area contributed by atoms with E-state index in [1.54, 1.807) is 36.4 Å². The summed E-state index contributed by atoms with van der Waals surface area (Å²) in [5.74, 6) is -0.214. The van der Waals surface area contributed by atoms with Gasteiger partial charge in [-0.15, -0.1) is 6.58 Å². The molecule has 0 atom stereocenters. The van der Waals surface area contributed by atoms with Crippen molar-refractivity contribution >= 4 is 61.3 Å². The van der Waals surface area contributed by atoms with Gasteiger partial charge < -0.3 is 10.4 Å². The fourth-order valence-electron chi connectivity index (χ4n) is 2.13. The third-order valence-corrected chi connectivity index (χ3v) is 4.81. The molecular weight excluding hydrogens is 485 g/mol. The van der Waals surface area contributed by atoms with Crippen molar-refractivity contribution in [1.82, 2.24) is 5.43 Å². The van der Waals surface area contributed by atoms with Crippen LogP contribution in [0.25, 0.3) is 0 Å². The van der Waals surface area contributed by atoms with Gasteiger partial charge in [-0.3, -0.25) is 4.79 Å². The Hall–Kier alpha value is -1.83.